The average Bonchev–Trinajstić information content (AvgIpc) is 3.34. The van der Waals surface area contributed by atoms with Gasteiger partial charge in [-0.3, -0.25) is 9.78 Å². The van der Waals surface area contributed by atoms with Crippen LogP contribution in [0.2, 0.25) is 0 Å². The number of carbonyl (C=O) groups excluding carboxylic acids is 1. The smallest absolute Gasteiger partial charge is 0.475 e. The van der Waals surface area contributed by atoms with Crippen LogP contribution < -0.4 is 15.5 Å². The molecule has 2 aliphatic heterocycles. The number of aromatic amines is 1. The van der Waals surface area contributed by atoms with Gasteiger partial charge in [0, 0.05) is 68.0 Å². The van der Waals surface area contributed by atoms with E-state index in [-0.39, 0.29) is 5.91 Å². The Morgan fingerprint density at radius 1 is 1.05 bits per heavy atom. The number of pyridine rings is 1. The molecule has 194 valence electrons. The molecule has 4 heterocycles. The Balaban J connectivity index is 0.000000405. The number of halogens is 3. The Morgan fingerprint density at radius 3 is 2.49 bits per heavy atom. The van der Waals surface area contributed by atoms with Crippen LogP contribution >= 0.6 is 0 Å². The predicted molar refractivity (Wildman–Crippen MR) is 134 cm³/mol. The van der Waals surface area contributed by atoms with E-state index in [0.29, 0.717) is 6.54 Å². The number of fused-ring (bicyclic) bond motifs is 1. The average molecular weight is 514 g/mol. The van der Waals surface area contributed by atoms with Crippen molar-refractivity contribution in [2.45, 2.75) is 12.6 Å². The zero-order chi connectivity index (χ0) is 26.4. The SMILES string of the molecule is O=C(O)C(F)(F)F.O=C1NCCc2[nH]c(-c3ccnc(/C=C/c4ccccc4N4CCNCC4)c3)cc21. The fourth-order valence-electron chi connectivity index (χ4n) is 4.15. The lowest BCUT2D eigenvalue weighted by molar-refractivity contribution is -0.192. The molecule has 1 fully saturated rings. The summed E-state index contributed by atoms with van der Waals surface area (Å²) in [6.07, 6.45) is 1.76. The number of aliphatic carboxylic acids is 1. The number of amides is 1. The third-order valence-corrected chi connectivity index (χ3v) is 5.97. The number of para-hydroxylation sites is 1. The lowest BCUT2D eigenvalue weighted by Crippen LogP contribution is -2.43. The summed E-state index contributed by atoms with van der Waals surface area (Å²) in [4.78, 5) is 31.3. The fourth-order valence-corrected chi connectivity index (χ4v) is 4.15. The number of nitrogens with zero attached hydrogens (tertiary/aromatic N) is 2. The van der Waals surface area contributed by atoms with Crippen LogP contribution in [0.5, 0.6) is 0 Å². The van der Waals surface area contributed by atoms with Crippen LogP contribution in [-0.4, -0.2) is 65.9 Å². The molecule has 1 aromatic carbocycles. The lowest BCUT2D eigenvalue weighted by atomic mass is 10.1. The molecule has 37 heavy (non-hydrogen) atoms. The normalized spacial score (nSPS) is 15.5. The van der Waals surface area contributed by atoms with Crippen LogP contribution in [0.4, 0.5) is 18.9 Å². The van der Waals surface area contributed by atoms with E-state index in [0.717, 1.165) is 60.8 Å². The van der Waals surface area contributed by atoms with E-state index in [4.69, 9.17) is 9.90 Å². The first-order valence-electron chi connectivity index (χ1n) is 11.7. The quantitative estimate of drug-likeness (QED) is 0.425. The highest BCUT2D eigenvalue weighted by Crippen LogP contribution is 2.26. The van der Waals surface area contributed by atoms with Gasteiger partial charge in [-0.1, -0.05) is 24.3 Å². The number of carboxylic acids is 1. The number of piperazine rings is 1. The van der Waals surface area contributed by atoms with Crippen molar-refractivity contribution in [2.75, 3.05) is 37.6 Å². The topological polar surface area (TPSA) is 110 Å². The molecule has 0 bridgehead atoms. The maximum Gasteiger partial charge on any atom is 0.490 e. The van der Waals surface area contributed by atoms with Crippen molar-refractivity contribution in [1.29, 1.82) is 0 Å². The zero-order valence-electron chi connectivity index (χ0n) is 19.8. The van der Waals surface area contributed by atoms with E-state index in [1.54, 1.807) is 0 Å². The summed E-state index contributed by atoms with van der Waals surface area (Å²) in [5, 5.41) is 13.4. The third kappa shape index (κ3) is 6.56. The molecule has 0 spiro atoms. The van der Waals surface area contributed by atoms with Crippen molar-refractivity contribution < 1.29 is 27.9 Å². The monoisotopic (exact) mass is 513 g/mol. The van der Waals surface area contributed by atoms with E-state index in [1.165, 1.54) is 11.3 Å². The number of carboxylic acid groups (broad SMARTS) is 1. The lowest BCUT2D eigenvalue weighted by Gasteiger charge is -2.30. The van der Waals surface area contributed by atoms with Gasteiger partial charge in [-0.2, -0.15) is 13.2 Å². The second-order valence-corrected chi connectivity index (χ2v) is 8.48. The van der Waals surface area contributed by atoms with Gasteiger partial charge >= 0.3 is 12.1 Å². The Morgan fingerprint density at radius 2 is 1.78 bits per heavy atom. The minimum atomic E-state index is -5.08. The Hall–Kier alpha value is -4.12. The maximum absolute atomic E-state index is 12.1. The second kappa shape index (κ2) is 11.3. The third-order valence-electron chi connectivity index (χ3n) is 5.97. The molecule has 0 aliphatic carbocycles. The van der Waals surface area contributed by atoms with Gasteiger partial charge in [0.05, 0.1) is 11.3 Å². The van der Waals surface area contributed by atoms with Gasteiger partial charge in [-0.05, 0) is 35.9 Å². The standard InChI is InChI=1S/C24H25N5O.C2HF3O2/c30-24-20-16-22(28-21(20)8-10-27-24)18-7-9-26-19(15-18)6-5-17-3-1-2-4-23(17)29-13-11-25-12-14-29;3-2(4,5)1(6)7/h1-7,9,15-16,25,28H,8,10-14H2,(H,27,30);(H,6,7)/b6-5+;. The maximum atomic E-state index is 12.1. The number of benzene rings is 1. The molecule has 0 saturated carbocycles. The Labute approximate surface area is 211 Å². The van der Waals surface area contributed by atoms with Crippen molar-refractivity contribution in [3.63, 3.8) is 0 Å². The molecule has 1 amide bonds. The first-order chi connectivity index (χ1) is 17.7. The van der Waals surface area contributed by atoms with Gasteiger partial charge in [0.2, 0.25) is 0 Å². The molecule has 0 atom stereocenters. The van der Waals surface area contributed by atoms with E-state index < -0.39 is 12.1 Å². The second-order valence-electron chi connectivity index (χ2n) is 8.48. The van der Waals surface area contributed by atoms with Crippen molar-refractivity contribution in [2.24, 2.45) is 0 Å². The van der Waals surface area contributed by atoms with Gasteiger partial charge in [-0.25, -0.2) is 4.79 Å². The van der Waals surface area contributed by atoms with Crippen LogP contribution in [-0.2, 0) is 11.2 Å². The molecule has 0 unspecified atom stereocenters. The molecule has 5 rings (SSSR count). The van der Waals surface area contributed by atoms with Crippen LogP contribution in [0.15, 0.2) is 48.7 Å². The van der Waals surface area contributed by atoms with E-state index in [2.05, 4.69) is 68.0 Å². The molecule has 0 radical (unpaired) electrons. The number of carbonyl (C=O) groups is 2. The van der Waals surface area contributed by atoms with Crippen LogP contribution in [0, 0.1) is 0 Å². The summed E-state index contributed by atoms with van der Waals surface area (Å²) in [6, 6.07) is 14.5. The summed E-state index contributed by atoms with van der Waals surface area (Å²) >= 11 is 0. The molecule has 2 aliphatic rings. The molecule has 1 saturated heterocycles. The number of aromatic nitrogens is 2. The van der Waals surface area contributed by atoms with Gasteiger partial charge < -0.3 is 25.6 Å². The molecule has 4 N–H and O–H groups in total. The van der Waals surface area contributed by atoms with Gasteiger partial charge in [0.25, 0.3) is 5.91 Å². The van der Waals surface area contributed by atoms with Crippen LogP contribution in [0.3, 0.4) is 0 Å². The number of nitrogens with one attached hydrogen (secondary N) is 3. The van der Waals surface area contributed by atoms with E-state index >= 15 is 0 Å². The largest absolute Gasteiger partial charge is 0.490 e. The van der Waals surface area contributed by atoms with Crippen LogP contribution in [0.1, 0.15) is 27.3 Å². The fraction of sp³-hybridized carbons (Fsp3) is 0.269. The molecule has 3 aromatic rings. The van der Waals surface area contributed by atoms with Crippen molar-refractivity contribution >= 4 is 29.7 Å². The molecular weight excluding hydrogens is 487 g/mol. The Bertz CT molecular complexity index is 1300. The predicted octanol–water partition coefficient (Wildman–Crippen LogP) is 3.58. The highest BCUT2D eigenvalue weighted by molar-refractivity contribution is 5.97. The Kier molecular flexibility index (Phi) is 7.92. The summed E-state index contributed by atoms with van der Waals surface area (Å²) in [7, 11) is 0. The number of alkyl halides is 3. The summed E-state index contributed by atoms with van der Waals surface area (Å²) in [6.45, 7) is 4.75. The van der Waals surface area contributed by atoms with Crippen molar-refractivity contribution in [3.05, 3.63) is 71.2 Å². The number of H-pyrrole nitrogens is 1. The number of hydrogen-bond acceptors (Lipinski definition) is 5. The number of rotatable bonds is 4. The van der Waals surface area contributed by atoms with Crippen molar-refractivity contribution in [3.8, 4) is 11.3 Å². The van der Waals surface area contributed by atoms with Crippen LogP contribution in [0.25, 0.3) is 23.4 Å². The summed E-state index contributed by atoms with van der Waals surface area (Å²) in [5.41, 5.74) is 7.08. The van der Waals surface area contributed by atoms with Crippen molar-refractivity contribution in [1.82, 2.24) is 20.6 Å². The first-order valence-corrected chi connectivity index (χ1v) is 11.7. The molecule has 2 aromatic heterocycles. The summed E-state index contributed by atoms with van der Waals surface area (Å²) < 4.78 is 31.7. The van der Waals surface area contributed by atoms with E-state index in [9.17, 15) is 18.0 Å². The van der Waals surface area contributed by atoms with E-state index in [1.807, 2.05) is 18.3 Å². The zero-order valence-corrected chi connectivity index (χ0v) is 19.8. The van der Waals surface area contributed by atoms with Gasteiger partial charge in [0.15, 0.2) is 0 Å². The summed E-state index contributed by atoms with van der Waals surface area (Å²) in [5.74, 6) is -2.76. The van der Waals surface area contributed by atoms with Gasteiger partial charge in [0.1, 0.15) is 0 Å². The first kappa shape index (κ1) is 26.0. The highest BCUT2D eigenvalue weighted by Gasteiger charge is 2.38. The molecule has 11 heteroatoms. The minimum Gasteiger partial charge on any atom is -0.475 e. The number of hydrogen-bond donors (Lipinski definition) is 4. The molecule has 8 nitrogen and oxygen atoms in total. The highest BCUT2D eigenvalue weighted by atomic mass is 19.4. The number of anilines is 1. The minimum absolute atomic E-state index is 0.00237. The molecular formula is C26H26F3N5O3. The van der Waals surface area contributed by atoms with Gasteiger partial charge in [-0.15, -0.1) is 0 Å².